The Balaban J connectivity index is 1.44. The van der Waals surface area contributed by atoms with E-state index >= 15 is 0 Å². The number of nitrogens with zero attached hydrogens (tertiary/aromatic N) is 2. The summed E-state index contributed by atoms with van der Waals surface area (Å²) in [4.78, 5) is 42.9. The predicted molar refractivity (Wildman–Crippen MR) is 147 cm³/mol. The zero-order valence-corrected chi connectivity index (χ0v) is 22.2. The smallest absolute Gasteiger partial charge is 0.245 e. The largest absolute Gasteiger partial charge is 0.343 e. The number of benzene rings is 3. The molecule has 2 amide bonds. The normalized spacial score (nSPS) is 21.8. The van der Waals surface area contributed by atoms with Crippen LogP contribution in [0.1, 0.15) is 43.9 Å². The molecule has 2 heterocycles. The topological polar surface area (TPSA) is 69.5 Å². The van der Waals surface area contributed by atoms with Gasteiger partial charge in [0.1, 0.15) is 12.1 Å². The number of nitrogens with one attached hydrogen (secondary N) is 1. The molecule has 0 radical (unpaired) electrons. The summed E-state index contributed by atoms with van der Waals surface area (Å²) in [6.07, 6.45) is 0.509. The molecule has 3 aromatic carbocycles. The summed E-state index contributed by atoms with van der Waals surface area (Å²) in [6.45, 7) is 6.47. The quantitative estimate of drug-likeness (QED) is 0.350. The van der Waals surface area contributed by atoms with Crippen LogP contribution in [-0.2, 0) is 19.9 Å². The summed E-state index contributed by atoms with van der Waals surface area (Å²) in [7, 11) is 0. The van der Waals surface area contributed by atoms with E-state index in [0.29, 0.717) is 19.5 Å². The van der Waals surface area contributed by atoms with Crippen LogP contribution in [0.5, 0.6) is 0 Å². The monoisotopic (exact) mass is 509 g/mol. The van der Waals surface area contributed by atoms with E-state index in [-0.39, 0.29) is 29.6 Å². The number of amides is 2. The predicted octanol–water partition coefficient (Wildman–Crippen LogP) is 3.99. The number of ketones is 1. The number of hydrogen-bond donors (Lipinski definition) is 1. The van der Waals surface area contributed by atoms with Crippen molar-refractivity contribution in [1.29, 1.82) is 0 Å². The molecule has 38 heavy (non-hydrogen) atoms. The fourth-order valence-corrected chi connectivity index (χ4v) is 6.20. The first-order valence-corrected chi connectivity index (χ1v) is 13.4. The van der Waals surface area contributed by atoms with Crippen molar-refractivity contribution in [3.63, 3.8) is 0 Å². The Bertz CT molecular complexity index is 1200. The van der Waals surface area contributed by atoms with Crippen LogP contribution in [0.4, 0.5) is 0 Å². The van der Waals surface area contributed by atoms with Crippen molar-refractivity contribution in [3.8, 4) is 0 Å². The van der Waals surface area contributed by atoms with E-state index in [1.165, 1.54) is 6.92 Å². The second-order valence-electron chi connectivity index (χ2n) is 10.7. The van der Waals surface area contributed by atoms with E-state index in [2.05, 4.69) is 46.6 Å². The number of rotatable bonds is 9. The van der Waals surface area contributed by atoms with E-state index in [0.717, 1.165) is 16.7 Å². The molecule has 3 aromatic rings. The first kappa shape index (κ1) is 25.9. The van der Waals surface area contributed by atoms with E-state index in [1.54, 1.807) is 4.90 Å². The Labute approximate surface area is 224 Å². The number of hydrogen-bond acceptors (Lipinski definition) is 4. The van der Waals surface area contributed by atoms with Crippen molar-refractivity contribution in [2.75, 3.05) is 13.1 Å². The van der Waals surface area contributed by atoms with Gasteiger partial charge in [-0.05, 0) is 36.0 Å². The average Bonchev–Trinajstić information content (AvgIpc) is 3.66. The Morgan fingerprint density at radius 1 is 0.842 bits per heavy atom. The van der Waals surface area contributed by atoms with Gasteiger partial charge >= 0.3 is 0 Å². The Kier molecular flexibility index (Phi) is 7.17. The van der Waals surface area contributed by atoms with Crippen LogP contribution in [0.3, 0.4) is 0 Å². The van der Waals surface area contributed by atoms with Gasteiger partial charge in [-0.1, -0.05) is 105 Å². The van der Waals surface area contributed by atoms with Crippen molar-refractivity contribution >= 4 is 17.6 Å². The molecule has 2 aliphatic rings. The van der Waals surface area contributed by atoms with Crippen molar-refractivity contribution < 1.29 is 14.4 Å². The summed E-state index contributed by atoms with van der Waals surface area (Å²) >= 11 is 0. The van der Waals surface area contributed by atoms with Gasteiger partial charge in [-0.3, -0.25) is 19.3 Å². The van der Waals surface area contributed by atoms with Gasteiger partial charge in [-0.25, -0.2) is 0 Å². The molecular formula is C32H35N3O3. The van der Waals surface area contributed by atoms with Crippen molar-refractivity contribution in [2.24, 2.45) is 5.92 Å². The molecule has 0 spiro atoms. The minimum atomic E-state index is -0.658. The molecule has 2 aliphatic heterocycles. The third kappa shape index (κ3) is 4.54. The zero-order valence-electron chi connectivity index (χ0n) is 22.2. The third-order valence-electron chi connectivity index (χ3n) is 7.86. The maximum atomic E-state index is 13.6. The fourth-order valence-electron chi connectivity index (χ4n) is 6.20. The number of Topliss-reactive ketones (excluding diaryl/α,β-unsaturated/α-hetero) is 1. The molecule has 196 valence electrons. The highest BCUT2D eigenvalue weighted by molar-refractivity contribution is 5.95. The van der Waals surface area contributed by atoms with E-state index in [4.69, 9.17) is 0 Å². The first-order chi connectivity index (χ1) is 18.4. The molecule has 0 bridgehead atoms. The number of carbonyl (C=O) groups excluding carboxylic acids is 3. The van der Waals surface area contributed by atoms with Crippen molar-refractivity contribution in [2.45, 2.75) is 50.9 Å². The zero-order chi connectivity index (χ0) is 26.9. The first-order valence-electron chi connectivity index (χ1n) is 13.4. The molecule has 6 nitrogen and oxygen atoms in total. The minimum Gasteiger partial charge on any atom is -0.343 e. The van der Waals surface area contributed by atoms with Crippen LogP contribution in [-0.4, -0.2) is 58.6 Å². The van der Waals surface area contributed by atoms with Gasteiger partial charge in [0.05, 0.1) is 11.6 Å². The van der Waals surface area contributed by atoms with Gasteiger partial charge < -0.3 is 10.2 Å². The summed E-state index contributed by atoms with van der Waals surface area (Å²) in [5, 5.41) is 3.03. The lowest BCUT2D eigenvalue weighted by Gasteiger charge is -2.38. The van der Waals surface area contributed by atoms with Crippen LogP contribution in [0.2, 0.25) is 0 Å². The maximum Gasteiger partial charge on any atom is 0.245 e. The fraction of sp³-hybridized carbons (Fsp3) is 0.344. The van der Waals surface area contributed by atoms with Gasteiger partial charge in [0.2, 0.25) is 11.8 Å². The summed E-state index contributed by atoms with van der Waals surface area (Å²) in [6, 6.07) is 29.4. The second-order valence-corrected chi connectivity index (χ2v) is 10.7. The summed E-state index contributed by atoms with van der Waals surface area (Å²) < 4.78 is 0. The Hall–Kier alpha value is -3.77. The summed E-state index contributed by atoms with van der Waals surface area (Å²) in [5.74, 6) is -0.318. The average molecular weight is 510 g/mol. The van der Waals surface area contributed by atoms with Crippen molar-refractivity contribution in [3.05, 3.63) is 108 Å². The van der Waals surface area contributed by atoms with Crippen molar-refractivity contribution in [1.82, 2.24) is 15.1 Å². The Morgan fingerprint density at radius 3 is 1.74 bits per heavy atom. The molecular weight excluding hydrogens is 474 g/mol. The highest BCUT2D eigenvalue weighted by Crippen LogP contribution is 2.48. The maximum absolute atomic E-state index is 13.6. The standard InChI is InChI=1S/C32H35N3O3/c1-22(2)29(23(3)36)34-20-19-27(31(34)38)33-30(37)28-21-35(28)32(24-13-7-4-8-14-24,25-15-9-5-10-16-25)26-17-11-6-12-18-26/h4-18,22,27-29H,19-21H2,1-3H3,(H,33,37)/t27-,28-,29+,35?/m1/s1. The molecule has 5 rings (SSSR count). The Morgan fingerprint density at radius 2 is 1.32 bits per heavy atom. The van der Waals surface area contributed by atoms with E-state index in [1.807, 2.05) is 68.4 Å². The molecule has 0 aliphatic carbocycles. The highest BCUT2D eigenvalue weighted by Gasteiger charge is 2.56. The lowest BCUT2D eigenvalue weighted by Crippen LogP contribution is -2.50. The van der Waals surface area contributed by atoms with Crippen LogP contribution in [0, 0.1) is 5.92 Å². The summed E-state index contributed by atoms with van der Waals surface area (Å²) in [5.41, 5.74) is 2.58. The van der Waals surface area contributed by atoms with Gasteiger partial charge in [-0.2, -0.15) is 0 Å². The van der Waals surface area contributed by atoms with Crippen LogP contribution < -0.4 is 5.32 Å². The van der Waals surface area contributed by atoms with Gasteiger partial charge in [-0.15, -0.1) is 0 Å². The van der Waals surface area contributed by atoms with Crippen LogP contribution in [0.25, 0.3) is 0 Å². The lowest BCUT2D eigenvalue weighted by atomic mass is 9.76. The van der Waals surface area contributed by atoms with E-state index < -0.39 is 17.6 Å². The van der Waals surface area contributed by atoms with E-state index in [9.17, 15) is 14.4 Å². The minimum absolute atomic E-state index is 0.0212. The molecule has 2 fully saturated rings. The SMILES string of the molecule is CC(=O)[C@H](C(C)C)N1CC[C@@H](NC(=O)[C@H]2CN2C(c2ccccc2)(c2ccccc2)c2ccccc2)C1=O. The molecule has 6 heteroatoms. The van der Waals surface area contributed by atoms with Gasteiger partial charge in [0.15, 0.2) is 5.78 Å². The lowest BCUT2D eigenvalue weighted by molar-refractivity contribution is -0.139. The number of likely N-dealkylation sites (tertiary alicyclic amines) is 1. The van der Waals surface area contributed by atoms with Gasteiger partial charge in [0, 0.05) is 13.1 Å². The molecule has 0 aromatic heterocycles. The molecule has 2 saturated heterocycles. The molecule has 4 atom stereocenters. The third-order valence-corrected chi connectivity index (χ3v) is 7.86. The van der Waals surface area contributed by atoms with Gasteiger partial charge in [0.25, 0.3) is 0 Å². The van der Waals surface area contributed by atoms with Crippen LogP contribution in [0.15, 0.2) is 91.0 Å². The molecule has 1 unspecified atom stereocenters. The second kappa shape index (κ2) is 10.5. The molecule has 1 N–H and O–H groups in total. The van der Waals surface area contributed by atoms with Crippen LogP contribution >= 0.6 is 0 Å². The number of carbonyl (C=O) groups is 3. The molecule has 0 saturated carbocycles. The highest BCUT2D eigenvalue weighted by atomic mass is 16.2.